The Labute approximate surface area is 155 Å². The van der Waals surface area contributed by atoms with Crippen LogP contribution in [0.2, 0.25) is 0 Å². The van der Waals surface area contributed by atoms with Crippen molar-refractivity contribution in [3.63, 3.8) is 0 Å². The van der Waals surface area contributed by atoms with Gasteiger partial charge in [-0.15, -0.1) is 5.10 Å². The summed E-state index contributed by atoms with van der Waals surface area (Å²) in [7, 11) is 0. The van der Waals surface area contributed by atoms with Crippen LogP contribution < -0.4 is 5.32 Å². The largest absolute Gasteiger partial charge is 0.353 e. The summed E-state index contributed by atoms with van der Waals surface area (Å²) < 4.78 is 2.00. The lowest BCUT2D eigenvalue weighted by molar-refractivity contribution is -0.124. The lowest BCUT2D eigenvalue weighted by Crippen LogP contribution is -2.57. The molecular weight excluding hydrogens is 328 g/mol. The summed E-state index contributed by atoms with van der Waals surface area (Å²) in [5, 5.41) is 15.9. The molecule has 1 aromatic heterocycles. The molecule has 0 spiro atoms. The number of tetrazole rings is 1. The van der Waals surface area contributed by atoms with Crippen molar-refractivity contribution in [3.05, 3.63) is 5.82 Å². The van der Waals surface area contributed by atoms with Crippen LogP contribution in [-0.4, -0.2) is 49.1 Å². The maximum absolute atomic E-state index is 12.2. The van der Waals surface area contributed by atoms with Crippen molar-refractivity contribution in [2.24, 2.45) is 5.92 Å². The minimum absolute atomic E-state index is 0.0650. The van der Waals surface area contributed by atoms with E-state index in [2.05, 4.69) is 46.5 Å². The molecule has 0 radical (unpaired) electrons. The first-order chi connectivity index (χ1) is 12.5. The van der Waals surface area contributed by atoms with Gasteiger partial charge in [0.25, 0.3) is 0 Å². The zero-order valence-corrected chi connectivity index (χ0v) is 16.3. The van der Waals surface area contributed by atoms with Crippen molar-refractivity contribution in [2.45, 2.75) is 102 Å². The van der Waals surface area contributed by atoms with E-state index in [9.17, 15) is 4.79 Å². The SMILES string of the molecule is CCC(C)(C)n1nnnc1CN1C2CCCC1CC(NC(=O)C1CC1)C2. The first kappa shape index (κ1) is 17.9. The number of hydrogen-bond donors (Lipinski definition) is 1. The standard InChI is InChI=1S/C19H32N6O/c1-4-19(2,3)25-17(21-22-23-25)12-24-15-6-5-7-16(24)11-14(10-15)20-18(26)13-8-9-13/h13-16H,4-12H2,1-3H3,(H,20,26). The van der Waals surface area contributed by atoms with Crippen LogP contribution in [-0.2, 0) is 16.9 Å². The number of amides is 1. The first-order valence-corrected chi connectivity index (χ1v) is 10.3. The Balaban J connectivity index is 1.45. The highest BCUT2D eigenvalue weighted by Gasteiger charge is 2.41. The number of piperidine rings is 2. The van der Waals surface area contributed by atoms with Gasteiger partial charge in [0.2, 0.25) is 5.91 Å². The molecule has 2 atom stereocenters. The monoisotopic (exact) mass is 360 g/mol. The summed E-state index contributed by atoms with van der Waals surface area (Å²) in [5.41, 5.74) is -0.0650. The zero-order chi connectivity index (χ0) is 18.3. The number of fused-ring (bicyclic) bond motifs is 2. The van der Waals surface area contributed by atoms with E-state index >= 15 is 0 Å². The van der Waals surface area contributed by atoms with Gasteiger partial charge in [-0.1, -0.05) is 13.3 Å². The molecule has 3 aliphatic rings. The topological polar surface area (TPSA) is 75.9 Å². The average Bonchev–Trinajstić information content (AvgIpc) is 3.34. The van der Waals surface area contributed by atoms with Crippen LogP contribution in [0.4, 0.5) is 0 Å². The summed E-state index contributed by atoms with van der Waals surface area (Å²) in [6, 6.07) is 1.40. The van der Waals surface area contributed by atoms with Gasteiger partial charge >= 0.3 is 0 Å². The number of carbonyl (C=O) groups is 1. The molecule has 7 heteroatoms. The van der Waals surface area contributed by atoms with Gasteiger partial charge in [0.15, 0.2) is 5.82 Å². The molecule has 4 rings (SSSR count). The third kappa shape index (κ3) is 3.50. The first-order valence-electron chi connectivity index (χ1n) is 10.3. The fraction of sp³-hybridized carbons (Fsp3) is 0.895. The van der Waals surface area contributed by atoms with Crippen LogP contribution in [0.1, 0.15) is 78.0 Å². The lowest BCUT2D eigenvalue weighted by atomic mass is 9.81. The Bertz CT molecular complexity index is 638. The molecule has 0 aromatic carbocycles. The highest BCUT2D eigenvalue weighted by atomic mass is 16.2. The van der Waals surface area contributed by atoms with E-state index in [1.54, 1.807) is 0 Å². The molecular formula is C19H32N6O. The van der Waals surface area contributed by atoms with Gasteiger partial charge in [-0.3, -0.25) is 9.69 Å². The predicted octanol–water partition coefficient (Wildman–Crippen LogP) is 2.23. The Kier molecular flexibility index (Phi) is 4.75. The molecule has 1 amide bonds. The van der Waals surface area contributed by atoms with Gasteiger partial charge in [0, 0.05) is 24.0 Å². The minimum Gasteiger partial charge on any atom is -0.353 e. The van der Waals surface area contributed by atoms with Crippen molar-refractivity contribution in [2.75, 3.05) is 0 Å². The van der Waals surface area contributed by atoms with Crippen LogP contribution in [0.25, 0.3) is 0 Å². The molecule has 26 heavy (non-hydrogen) atoms. The number of nitrogens with zero attached hydrogens (tertiary/aromatic N) is 5. The molecule has 1 saturated carbocycles. The Morgan fingerprint density at radius 2 is 1.88 bits per heavy atom. The van der Waals surface area contributed by atoms with Crippen molar-refractivity contribution in [1.82, 2.24) is 30.4 Å². The van der Waals surface area contributed by atoms with E-state index in [-0.39, 0.29) is 11.4 Å². The summed E-state index contributed by atoms with van der Waals surface area (Å²) in [6.07, 6.45) is 8.99. The fourth-order valence-corrected chi connectivity index (χ4v) is 4.61. The highest BCUT2D eigenvalue weighted by Crippen LogP contribution is 2.36. The molecule has 3 heterocycles. The fourth-order valence-electron chi connectivity index (χ4n) is 4.61. The predicted molar refractivity (Wildman–Crippen MR) is 98.3 cm³/mol. The van der Waals surface area contributed by atoms with Crippen molar-refractivity contribution >= 4 is 5.91 Å². The second-order valence-corrected chi connectivity index (χ2v) is 9.03. The Hall–Kier alpha value is -1.50. The summed E-state index contributed by atoms with van der Waals surface area (Å²) in [6.45, 7) is 7.37. The molecule has 144 valence electrons. The molecule has 2 aliphatic heterocycles. The van der Waals surface area contributed by atoms with Crippen molar-refractivity contribution in [3.8, 4) is 0 Å². The summed E-state index contributed by atoms with van der Waals surface area (Å²) in [4.78, 5) is 14.8. The van der Waals surface area contributed by atoms with Gasteiger partial charge in [0.05, 0.1) is 12.1 Å². The van der Waals surface area contributed by atoms with E-state index < -0.39 is 0 Å². The average molecular weight is 361 g/mol. The van der Waals surface area contributed by atoms with E-state index in [0.717, 1.165) is 44.5 Å². The molecule has 2 bridgehead atoms. The molecule has 1 aromatic rings. The molecule has 7 nitrogen and oxygen atoms in total. The van der Waals surface area contributed by atoms with Gasteiger partial charge in [-0.2, -0.15) is 0 Å². The second-order valence-electron chi connectivity index (χ2n) is 9.03. The number of aromatic nitrogens is 4. The zero-order valence-electron chi connectivity index (χ0n) is 16.3. The summed E-state index contributed by atoms with van der Waals surface area (Å²) in [5.74, 6) is 1.55. The quantitative estimate of drug-likeness (QED) is 0.842. The van der Waals surface area contributed by atoms with Crippen LogP contribution in [0.3, 0.4) is 0 Å². The van der Waals surface area contributed by atoms with Crippen LogP contribution in [0, 0.1) is 5.92 Å². The third-order valence-electron chi connectivity index (χ3n) is 6.72. The van der Waals surface area contributed by atoms with E-state index in [4.69, 9.17) is 0 Å². The van der Waals surface area contributed by atoms with E-state index in [1.807, 2.05) is 4.68 Å². The maximum atomic E-state index is 12.2. The van der Waals surface area contributed by atoms with Crippen LogP contribution in [0.15, 0.2) is 0 Å². The molecule has 1 aliphatic carbocycles. The van der Waals surface area contributed by atoms with Gasteiger partial charge in [-0.05, 0) is 69.2 Å². The smallest absolute Gasteiger partial charge is 0.223 e. The van der Waals surface area contributed by atoms with Crippen molar-refractivity contribution in [1.29, 1.82) is 0 Å². The van der Waals surface area contributed by atoms with Crippen LogP contribution >= 0.6 is 0 Å². The van der Waals surface area contributed by atoms with E-state index in [0.29, 0.717) is 24.0 Å². The van der Waals surface area contributed by atoms with Gasteiger partial charge in [0.1, 0.15) is 0 Å². The molecule has 2 unspecified atom stereocenters. The number of nitrogens with one attached hydrogen (secondary N) is 1. The minimum atomic E-state index is -0.0650. The molecule has 2 saturated heterocycles. The number of hydrogen-bond acceptors (Lipinski definition) is 5. The Morgan fingerprint density at radius 1 is 1.19 bits per heavy atom. The van der Waals surface area contributed by atoms with Crippen LogP contribution in [0.5, 0.6) is 0 Å². The van der Waals surface area contributed by atoms with Gasteiger partial charge in [-0.25, -0.2) is 4.68 Å². The normalized spacial score (nSPS) is 29.6. The number of carbonyl (C=O) groups excluding carboxylic acids is 1. The second kappa shape index (κ2) is 6.91. The Morgan fingerprint density at radius 3 is 2.50 bits per heavy atom. The van der Waals surface area contributed by atoms with Crippen molar-refractivity contribution < 1.29 is 4.79 Å². The maximum Gasteiger partial charge on any atom is 0.223 e. The highest BCUT2D eigenvalue weighted by molar-refractivity contribution is 5.81. The molecule has 3 fully saturated rings. The number of rotatable bonds is 6. The summed E-state index contributed by atoms with van der Waals surface area (Å²) >= 11 is 0. The van der Waals surface area contributed by atoms with Gasteiger partial charge < -0.3 is 5.32 Å². The van der Waals surface area contributed by atoms with E-state index in [1.165, 1.54) is 19.3 Å². The third-order valence-corrected chi connectivity index (χ3v) is 6.72. The molecule has 1 N–H and O–H groups in total. The lowest BCUT2D eigenvalue weighted by Gasteiger charge is -2.49.